The summed E-state index contributed by atoms with van der Waals surface area (Å²) in [7, 11) is 1.34. The molecule has 1 amide bonds. The Morgan fingerprint density at radius 1 is 1.50 bits per heavy atom. The lowest BCUT2D eigenvalue weighted by Crippen LogP contribution is -2.29. The smallest absolute Gasteiger partial charge is 0.303 e. The van der Waals surface area contributed by atoms with E-state index in [1.807, 2.05) is 0 Å². The number of carboxylic acid groups (broad SMARTS) is 1. The maximum atomic E-state index is 13.3. The molecular formula is C14H16FNO4. The summed E-state index contributed by atoms with van der Waals surface area (Å²) in [5.41, 5.74) is 0.347. The third kappa shape index (κ3) is 3.07. The summed E-state index contributed by atoms with van der Waals surface area (Å²) in [6, 6.07) is 3.96. The first kappa shape index (κ1) is 14.3. The van der Waals surface area contributed by atoms with Crippen molar-refractivity contribution in [3.8, 4) is 5.75 Å². The SMILES string of the molecule is COc1cc(C(=O)N2CCC(CC(=O)O)C2)ccc1F. The molecule has 0 aromatic heterocycles. The molecule has 1 heterocycles. The average Bonchev–Trinajstić information content (AvgIpc) is 2.86. The second kappa shape index (κ2) is 5.90. The average molecular weight is 281 g/mol. The van der Waals surface area contributed by atoms with Crippen molar-refractivity contribution in [1.29, 1.82) is 0 Å². The van der Waals surface area contributed by atoms with E-state index in [1.165, 1.54) is 25.3 Å². The van der Waals surface area contributed by atoms with Crippen molar-refractivity contribution in [2.75, 3.05) is 20.2 Å². The largest absolute Gasteiger partial charge is 0.494 e. The Balaban J connectivity index is 2.07. The van der Waals surface area contributed by atoms with E-state index in [1.54, 1.807) is 4.90 Å². The first-order valence-corrected chi connectivity index (χ1v) is 6.36. The summed E-state index contributed by atoms with van der Waals surface area (Å²) in [5.74, 6) is -1.59. The predicted molar refractivity (Wildman–Crippen MR) is 69.2 cm³/mol. The number of carbonyl (C=O) groups is 2. The Bertz CT molecular complexity index is 532. The lowest BCUT2D eigenvalue weighted by atomic mass is 10.1. The van der Waals surface area contributed by atoms with E-state index in [4.69, 9.17) is 9.84 Å². The molecule has 20 heavy (non-hydrogen) atoms. The van der Waals surface area contributed by atoms with Gasteiger partial charge in [0.1, 0.15) is 0 Å². The van der Waals surface area contributed by atoms with E-state index in [0.29, 0.717) is 25.1 Å². The second-order valence-electron chi connectivity index (χ2n) is 4.85. The first-order valence-electron chi connectivity index (χ1n) is 6.36. The molecule has 1 atom stereocenters. The molecule has 6 heteroatoms. The van der Waals surface area contributed by atoms with E-state index in [0.717, 1.165) is 0 Å². The molecule has 0 saturated carbocycles. The number of halogens is 1. The molecule has 1 N–H and O–H groups in total. The van der Waals surface area contributed by atoms with E-state index in [9.17, 15) is 14.0 Å². The third-order valence-electron chi connectivity index (χ3n) is 3.43. The molecule has 1 aliphatic rings. The lowest BCUT2D eigenvalue weighted by molar-refractivity contribution is -0.138. The highest BCUT2D eigenvalue weighted by atomic mass is 19.1. The highest BCUT2D eigenvalue weighted by Crippen LogP contribution is 2.24. The zero-order chi connectivity index (χ0) is 14.7. The zero-order valence-electron chi connectivity index (χ0n) is 11.1. The standard InChI is InChI=1S/C14H16FNO4/c1-20-12-7-10(2-3-11(12)15)14(19)16-5-4-9(8-16)6-13(17)18/h2-3,7,9H,4-6,8H2,1H3,(H,17,18). The van der Waals surface area contributed by atoms with Crippen LogP contribution in [-0.2, 0) is 4.79 Å². The molecule has 1 aromatic rings. The number of amides is 1. The fourth-order valence-corrected chi connectivity index (χ4v) is 2.41. The number of hydrogen-bond donors (Lipinski definition) is 1. The number of benzene rings is 1. The number of carboxylic acids is 1. The van der Waals surface area contributed by atoms with Gasteiger partial charge >= 0.3 is 5.97 Å². The Morgan fingerprint density at radius 2 is 2.25 bits per heavy atom. The quantitative estimate of drug-likeness (QED) is 0.913. The van der Waals surface area contributed by atoms with Gasteiger partial charge in [-0.15, -0.1) is 0 Å². The van der Waals surface area contributed by atoms with E-state index in [-0.39, 0.29) is 24.0 Å². The van der Waals surface area contributed by atoms with Crippen LogP contribution in [0.4, 0.5) is 4.39 Å². The molecule has 0 radical (unpaired) electrons. The summed E-state index contributed by atoms with van der Waals surface area (Å²) < 4.78 is 18.1. The molecule has 0 bridgehead atoms. The van der Waals surface area contributed by atoms with Crippen molar-refractivity contribution >= 4 is 11.9 Å². The number of methoxy groups -OCH3 is 1. The van der Waals surface area contributed by atoms with Gasteiger partial charge in [0, 0.05) is 25.1 Å². The van der Waals surface area contributed by atoms with Gasteiger partial charge in [-0.1, -0.05) is 0 Å². The summed E-state index contributed by atoms with van der Waals surface area (Å²) in [4.78, 5) is 24.5. The fourth-order valence-electron chi connectivity index (χ4n) is 2.41. The summed E-state index contributed by atoms with van der Waals surface area (Å²) in [6.07, 6.45) is 0.743. The highest BCUT2D eigenvalue weighted by Gasteiger charge is 2.28. The Morgan fingerprint density at radius 3 is 2.90 bits per heavy atom. The predicted octanol–water partition coefficient (Wildman–Crippen LogP) is 1.77. The van der Waals surface area contributed by atoms with Crippen LogP contribution in [0.2, 0.25) is 0 Å². The van der Waals surface area contributed by atoms with Crippen molar-refractivity contribution < 1.29 is 23.8 Å². The number of ether oxygens (including phenoxy) is 1. The highest BCUT2D eigenvalue weighted by molar-refractivity contribution is 5.94. The Labute approximate surface area is 116 Å². The molecule has 1 aromatic carbocycles. The van der Waals surface area contributed by atoms with Crippen molar-refractivity contribution in [1.82, 2.24) is 4.90 Å². The van der Waals surface area contributed by atoms with Crippen molar-refractivity contribution in [2.45, 2.75) is 12.8 Å². The van der Waals surface area contributed by atoms with Crippen LogP contribution in [0.5, 0.6) is 5.75 Å². The zero-order valence-corrected chi connectivity index (χ0v) is 11.1. The molecule has 5 nitrogen and oxygen atoms in total. The van der Waals surface area contributed by atoms with Crippen molar-refractivity contribution in [3.05, 3.63) is 29.6 Å². The minimum Gasteiger partial charge on any atom is -0.494 e. The van der Waals surface area contributed by atoms with Crippen LogP contribution in [0, 0.1) is 11.7 Å². The van der Waals surface area contributed by atoms with Crippen LogP contribution in [0.1, 0.15) is 23.2 Å². The van der Waals surface area contributed by atoms with Crippen molar-refractivity contribution in [2.24, 2.45) is 5.92 Å². The Kier molecular flexibility index (Phi) is 4.22. The topological polar surface area (TPSA) is 66.8 Å². The van der Waals surface area contributed by atoms with Crippen LogP contribution in [0.25, 0.3) is 0 Å². The van der Waals surface area contributed by atoms with Gasteiger partial charge < -0.3 is 14.7 Å². The van der Waals surface area contributed by atoms with Gasteiger partial charge in [-0.3, -0.25) is 9.59 Å². The summed E-state index contributed by atoms with van der Waals surface area (Å²) >= 11 is 0. The van der Waals surface area contributed by atoms with Crippen LogP contribution in [0.3, 0.4) is 0 Å². The van der Waals surface area contributed by atoms with Crippen LogP contribution in [-0.4, -0.2) is 42.1 Å². The normalized spacial score (nSPS) is 18.1. The summed E-state index contributed by atoms with van der Waals surface area (Å²) in [6.45, 7) is 0.946. The summed E-state index contributed by atoms with van der Waals surface area (Å²) in [5, 5.41) is 8.75. The molecule has 1 unspecified atom stereocenters. The molecule has 1 fully saturated rings. The van der Waals surface area contributed by atoms with E-state index < -0.39 is 11.8 Å². The minimum absolute atomic E-state index is 0.0150. The lowest BCUT2D eigenvalue weighted by Gasteiger charge is -2.16. The second-order valence-corrected chi connectivity index (χ2v) is 4.85. The number of nitrogens with zero attached hydrogens (tertiary/aromatic N) is 1. The number of likely N-dealkylation sites (tertiary alicyclic amines) is 1. The van der Waals surface area contributed by atoms with Crippen LogP contribution < -0.4 is 4.74 Å². The maximum Gasteiger partial charge on any atom is 0.303 e. The first-order chi connectivity index (χ1) is 9.51. The van der Waals surface area contributed by atoms with Gasteiger partial charge in [0.2, 0.25) is 0 Å². The minimum atomic E-state index is -0.854. The van der Waals surface area contributed by atoms with Crippen molar-refractivity contribution in [3.63, 3.8) is 0 Å². The third-order valence-corrected chi connectivity index (χ3v) is 3.43. The van der Waals surface area contributed by atoms with Gasteiger partial charge in [0.15, 0.2) is 11.6 Å². The molecule has 0 aliphatic carbocycles. The molecule has 1 saturated heterocycles. The molecule has 0 spiro atoms. The molecule has 2 rings (SSSR count). The van der Waals surface area contributed by atoms with E-state index in [2.05, 4.69) is 0 Å². The number of rotatable bonds is 4. The molecule has 108 valence electrons. The fraction of sp³-hybridized carbons (Fsp3) is 0.429. The van der Waals surface area contributed by atoms with E-state index >= 15 is 0 Å². The Hall–Kier alpha value is -2.11. The number of hydrogen-bond acceptors (Lipinski definition) is 3. The van der Waals surface area contributed by atoms with Gasteiger partial charge in [-0.25, -0.2) is 4.39 Å². The number of aliphatic carboxylic acids is 1. The van der Waals surface area contributed by atoms with Gasteiger partial charge in [-0.05, 0) is 30.5 Å². The number of carbonyl (C=O) groups excluding carboxylic acids is 1. The maximum absolute atomic E-state index is 13.3. The van der Waals surface area contributed by atoms with Crippen LogP contribution in [0.15, 0.2) is 18.2 Å². The molecule has 1 aliphatic heterocycles. The van der Waals surface area contributed by atoms with Gasteiger partial charge in [0.05, 0.1) is 7.11 Å². The van der Waals surface area contributed by atoms with Gasteiger partial charge in [0.25, 0.3) is 5.91 Å². The monoisotopic (exact) mass is 281 g/mol. The molecular weight excluding hydrogens is 265 g/mol. The van der Waals surface area contributed by atoms with Crippen LogP contribution >= 0.6 is 0 Å². The van der Waals surface area contributed by atoms with Gasteiger partial charge in [-0.2, -0.15) is 0 Å².